The molecule has 0 radical (unpaired) electrons. The molecule has 0 aromatic carbocycles. The van der Waals surface area contributed by atoms with Gasteiger partial charge < -0.3 is 0 Å². The normalized spacial score (nSPS) is 27.2. The Kier molecular flexibility index (Phi) is 1.69. The van der Waals surface area contributed by atoms with Gasteiger partial charge in [-0.15, -0.1) is 0 Å². The van der Waals surface area contributed by atoms with Gasteiger partial charge in [0.15, 0.2) is 0 Å². The molecular formula is C7H12NO+. The zero-order valence-electron chi connectivity index (χ0n) is 5.81. The summed E-state index contributed by atoms with van der Waals surface area (Å²) in [5.74, 6) is 0. The summed E-state index contributed by atoms with van der Waals surface area (Å²) in [6.45, 7) is 4.82. The first-order valence-electron chi connectivity index (χ1n) is 3.09. The molecule has 0 bridgehead atoms. The van der Waals surface area contributed by atoms with Gasteiger partial charge in [0, 0.05) is 0 Å². The van der Waals surface area contributed by atoms with Crippen LogP contribution in [0.1, 0.15) is 13.8 Å². The number of nitrogens with one attached hydrogen (secondary N) is 1. The van der Waals surface area contributed by atoms with Gasteiger partial charge in [-0.05, 0) is 31.1 Å². The van der Waals surface area contributed by atoms with Crippen molar-refractivity contribution >= 4 is 0 Å². The molecule has 1 heterocycles. The first-order valence-corrected chi connectivity index (χ1v) is 3.09. The fourth-order valence-corrected chi connectivity index (χ4v) is 0.833. The zero-order valence-corrected chi connectivity index (χ0v) is 5.81. The van der Waals surface area contributed by atoms with E-state index in [0.717, 1.165) is 6.54 Å². The first kappa shape index (κ1) is 6.52. The average Bonchev–Trinajstić information content (AvgIpc) is 1.80. The van der Waals surface area contributed by atoms with E-state index in [-0.39, 0.29) is 0 Å². The van der Waals surface area contributed by atoms with Crippen molar-refractivity contribution in [2.45, 2.75) is 13.8 Å². The summed E-state index contributed by atoms with van der Waals surface area (Å²) in [5.41, 5.74) is 2.53. The standard InChI is InChI=1S/C7H11NO/c1-6-3-4-8(9)5-7(6)2/h3-4,9H,5H2,1-2H3/p+1. The third-order valence-corrected chi connectivity index (χ3v) is 1.65. The summed E-state index contributed by atoms with van der Waals surface area (Å²) in [4.78, 5) is 0. The second-order valence-electron chi connectivity index (χ2n) is 2.46. The summed E-state index contributed by atoms with van der Waals surface area (Å²) in [7, 11) is 0. The molecule has 1 atom stereocenters. The summed E-state index contributed by atoms with van der Waals surface area (Å²) in [5, 5.41) is 9.46. The third kappa shape index (κ3) is 1.40. The van der Waals surface area contributed by atoms with Crippen molar-refractivity contribution in [3.63, 3.8) is 0 Å². The molecule has 0 saturated carbocycles. The van der Waals surface area contributed by atoms with Gasteiger partial charge in [-0.2, -0.15) is 5.06 Å². The van der Waals surface area contributed by atoms with E-state index in [1.54, 1.807) is 6.20 Å². The molecule has 1 unspecified atom stereocenters. The molecule has 50 valence electrons. The number of allylic oxidation sites excluding steroid dienone is 2. The van der Waals surface area contributed by atoms with Crippen molar-refractivity contribution in [3.05, 3.63) is 23.4 Å². The van der Waals surface area contributed by atoms with Crippen LogP contribution in [0.3, 0.4) is 0 Å². The predicted octanol–water partition coefficient (Wildman–Crippen LogP) is 0.124. The molecule has 0 aliphatic carbocycles. The molecule has 0 saturated heterocycles. The maximum Gasteiger partial charge on any atom is 0.133 e. The lowest BCUT2D eigenvalue weighted by Gasteiger charge is -2.11. The van der Waals surface area contributed by atoms with E-state index >= 15 is 0 Å². The van der Waals surface area contributed by atoms with Crippen molar-refractivity contribution in [3.8, 4) is 0 Å². The average molecular weight is 126 g/mol. The Morgan fingerprint density at radius 3 is 2.67 bits per heavy atom. The van der Waals surface area contributed by atoms with Crippen LogP contribution in [0.5, 0.6) is 0 Å². The largest absolute Gasteiger partial charge is 0.214 e. The molecule has 9 heavy (non-hydrogen) atoms. The highest BCUT2D eigenvalue weighted by Crippen LogP contribution is 2.03. The second kappa shape index (κ2) is 2.33. The van der Waals surface area contributed by atoms with Crippen molar-refractivity contribution in [1.29, 1.82) is 0 Å². The zero-order chi connectivity index (χ0) is 6.85. The van der Waals surface area contributed by atoms with E-state index in [9.17, 15) is 0 Å². The summed E-state index contributed by atoms with van der Waals surface area (Å²) >= 11 is 0. The van der Waals surface area contributed by atoms with Gasteiger partial charge in [0.25, 0.3) is 0 Å². The third-order valence-electron chi connectivity index (χ3n) is 1.65. The Hall–Kier alpha value is -0.600. The van der Waals surface area contributed by atoms with Crippen LogP contribution < -0.4 is 5.06 Å². The molecule has 2 heteroatoms. The van der Waals surface area contributed by atoms with Gasteiger partial charge in [-0.1, -0.05) is 0 Å². The SMILES string of the molecule is CC1=C(C)C[NH+](O)C=C1. The topological polar surface area (TPSA) is 24.7 Å². The highest BCUT2D eigenvalue weighted by Gasteiger charge is 2.08. The maximum absolute atomic E-state index is 8.99. The number of hydrogen-bond donors (Lipinski definition) is 2. The molecule has 0 fully saturated rings. The lowest BCUT2D eigenvalue weighted by atomic mass is 10.1. The summed E-state index contributed by atoms with van der Waals surface area (Å²) in [6, 6.07) is 0. The van der Waals surface area contributed by atoms with Gasteiger partial charge in [0.05, 0.1) is 0 Å². The number of quaternary nitrogens is 1. The Morgan fingerprint density at radius 2 is 2.22 bits per heavy atom. The lowest BCUT2D eigenvalue weighted by Crippen LogP contribution is -3.05. The Morgan fingerprint density at radius 1 is 1.56 bits per heavy atom. The van der Waals surface area contributed by atoms with Crippen molar-refractivity contribution < 1.29 is 10.3 Å². The van der Waals surface area contributed by atoms with Gasteiger partial charge in [-0.25, -0.2) is 5.21 Å². The number of hydroxylamine groups is 2. The molecule has 0 aromatic heterocycles. The summed E-state index contributed by atoms with van der Waals surface area (Å²) in [6.07, 6.45) is 3.69. The minimum atomic E-state index is 0.470. The molecular weight excluding hydrogens is 114 g/mol. The predicted molar refractivity (Wildman–Crippen MR) is 35.1 cm³/mol. The van der Waals surface area contributed by atoms with Gasteiger partial charge in [0.2, 0.25) is 0 Å². The highest BCUT2D eigenvalue weighted by molar-refractivity contribution is 5.22. The quantitative estimate of drug-likeness (QED) is 0.473. The van der Waals surface area contributed by atoms with Gasteiger partial charge >= 0.3 is 0 Å². The molecule has 0 amide bonds. The van der Waals surface area contributed by atoms with Crippen molar-refractivity contribution in [1.82, 2.24) is 0 Å². The Bertz CT molecular complexity index is 170. The van der Waals surface area contributed by atoms with E-state index in [1.165, 1.54) is 11.1 Å². The van der Waals surface area contributed by atoms with Crippen LogP contribution in [0, 0.1) is 0 Å². The summed E-state index contributed by atoms with van der Waals surface area (Å²) < 4.78 is 0. The number of hydrogen-bond acceptors (Lipinski definition) is 1. The monoisotopic (exact) mass is 126 g/mol. The molecule has 0 spiro atoms. The molecule has 0 aromatic rings. The molecule has 1 aliphatic heterocycles. The van der Waals surface area contributed by atoms with E-state index in [4.69, 9.17) is 5.21 Å². The van der Waals surface area contributed by atoms with Crippen LogP contribution in [0.2, 0.25) is 0 Å². The van der Waals surface area contributed by atoms with Gasteiger partial charge in [-0.3, -0.25) is 0 Å². The van der Waals surface area contributed by atoms with E-state index in [2.05, 4.69) is 6.92 Å². The molecule has 2 nitrogen and oxygen atoms in total. The van der Waals surface area contributed by atoms with Crippen LogP contribution in [0.4, 0.5) is 0 Å². The minimum absolute atomic E-state index is 0.470. The fourth-order valence-electron chi connectivity index (χ4n) is 0.833. The van der Waals surface area contributed by atoms with Crippen molar-refractivity contribution in [2.24, 2.45) is 0 Å². The Labute approximate surface area is 55.1 Å². The van der Waals surface area contributed by atoms with Crippen LogP contribution in [0.25, 0.3) is 0 Å². The smallest absolute Gasteiger partial charge is 0.133 e. The fraction of sp³-hybridized carbons (Fsp3) is 0.429. The molecule has 1 aliphatic rings. The molecule has 2 N–H and O–H groups in total. The minimum Gasteiger partial charge on any atom is -0.214 e. The van der Waals surface area contributed by atoms with E-state index in [0.29, 0.717) is 5.06 Å². The van der Waals surface area contributed by atoms with Crippen LogP contribution in [-0.4, -0.2) is 11.8 Å². The van der Waals surface area contributed by atoms with Gasteiger partial charge in [0.1, 0.15) is 12.7 Å². The van der Waals surface area contributed by atoms with E-state index < -0.39 is 0 Å². The van der Waals surface area contributed by atoms with E-state index in [1.807, 2.05) is 13.0 Å². The first-order chi connectivity index (χ1) is 4.20. The highest BCUT2D eigenvalue weighted by atomic mass is 16.5. The van der Waals surface area contributed by atoms with Crippen LogP contribution >= 0.6 is 0 Å². The molecule has 1 rings (SSSR count). The Balaban J connectivity index is 2.75. The van der Waals surface area contributed by atoms with Crippen LogP contribution in [0.15, 0.2) is 23.4 Å². The van der Waals surface area contributed by atoms with Crippen molar-refractivity contribution in [2.75, 3.05) is 6.54 Å². The maximum atomic E-state index is 8.99. The lowest BCUT2D eigenvalue weighted by molar-refractivity contribution is -1.04. The second-order valence-corrected chi connectivity index (χ2v) is 2.46. The van der Waals surface area contributed by atoms with Crippen LogP contribution in [-0.2, 0) is 0 Å². The number of rotatable bonds is 0.